The van der Waals surface area contributed by atoms with Crippen LogP contribution < -0.4 is 14.8 Å². The zero-order valence-electron chi connectivity index (χ0n) is 19.8. The average Bonchev–Trinajstić information content (AvgIpc) is 2.79. The monoisotopic (exact) mass is 461 g/mol. The van der Waals surface area contributed by atoms with Crippen molar-refractivity contribution in [1.29, 1.82) is 0 Å². The van der Waals surface area contributed by atoms with Crippen LogP contribution in [-0.4, -0.2) is 29.1 Å². The molecule has 178 valence electrons. The van der Waals surface area contributed by atoms with Crippen molar-refractivity contribution in [2.24, 2.45) is 0 Å². The van der Waals surface area contributed by atoms with E-state index in [1.54, 1.807) is 18.2 Å². The van der Waals surface area contributed by atoms with Crippen molar-refractivity contribution >= 4 is 11.9 Å². The first-order valence-corrected chi connectivity index (χ1v) is 11.3. The molecule has 3 aromatic carbocycles. The van der Waals surface area contributed by atoms with E-state index in [9.17, 15) is 14.7 Å². The third kappa shape index (κ3) is 8.14. The fraction of sp³-hybridized carbons (Fsp3) is 0.286. The molecule has 0 radical (unpaired) electrons. The summed E-state index contributed by atoms with van der Waals surface area (Å²) in [7, 11) is 0. The molecule has 0 aliphatic rings. The van der Waals surface area contributed by atoms with E-state index in [2.05, 4.69) is 5.32 Å². The molecule has 0 saturated heterocycles. The van der Waals surface area contributed by atoms with Gasteiger partial charge in [-0.05, 0) is 49.6 Å². The lowest BCUT2D eigenvalue weighted by atomic mass is 10.1. The summed E-state index contributed by atoms with van der Waals surface area (Å²) in [6.07, 6.45) is -0.686. The molecule has 0 bridgehead atoms. The molecule has 0 saturated carbocycles. The molecule has 3 aromatic rings. The van der Waals surface area contributed by atoms with E-state index in [0.717, 1.165) is 11.1 Å². The lowest BCUT2D eigenvalue weighted by Crippen LogP contribution is -2.38. The van der Waals surface area contributed by atoms with Crippen LogP contribution in [0.5, 0.6) is 11.5 Å². The Morgan fingerprint density at radius 2 is 1.29 bits per heavy atom. The SMILES string of the molecule is CC(C)(C)NCC(O)c1ccc(OC(=O)Cc2ccccc2)c(OC(=O)Cc2ccccc2)c1. The fourth-order valence-corrected chi connectivity index (χ4v) is 3.26. The van der Waals surface area contributed by atoms with Crippen LogP contribution in [0.25, 0.3) is 0 Å². The quantitative estimate of drug-likeness (QED) is 0.363. The van der Waals surface area contributed by atoms with Crippen LogP contribution in [0.2, 0.25) is 0 Å². The summed E-state index contributed by atoms with van der Waals surface area (Å²) in [5, 5.41) is 13.9. The fourth-order valence-electron chi connectivity index (χ4n) is 3.26. The van der Waals surface area contributed by atoms with E-state index >= 15 is 0 Å². The number of rotatable bonds is 9. The van der Waals surface area contributed by atoms with Crippen LogP contribution in [0.15, 0.2) is 78.9 Å². The average molecular weight is 462 g/mol. The molecule has 0 aromatic heterocycles. The van der Waals surface area contributed by atoms with E-state index in [-0.39, 0.29) is 29.9 Å². The molecule has 0 spiro atoms. The van der Waals surface area contributed by atoms with Crippen LogP contribution in [0, 0.1) is 0 Å². The van der Waals surface area contributed by atoms with Gasteiger partial charge in [0.25, 0.3) is 0 Å². The van der Waals surface area contributed by atoms with Gasteiger partial charge in [-0.2, -0.15) is 0 Å². The van der Waals surface area contributed by atoms with Crippen molar-refractivity contribution < 1.29 is 24.2 Å². The topological polar surface area (TPSA) is 84.9 Å². The number of β-amino-alcohol motifs (C(OH)–C–C–N with tert-alkyl or cyclic N) is 1. The van der Waals surface area contributed by atoms with E-state index in [0.29, 0.717) is 12.1 Å². The molecule has 2 N–H and O–H groups in total. The second-order valence-electron chi connectivity index (χ2n) is 9.13. The summed E-state index contributed by atoms with van der Waals surface area (Å²) >= 11 is 0. The summed E-state index contributed by atoms with van der Waals surface area (Å²) in [6, 6.07) is 23.2. The Morgan fingerprint density at radius 1 is 0.794 bits per heavy atom. The molecule has 1 unspecified atom stereocenters. The minimum Gasteiger partial charge on any atom is -0.422 e. The number of hydrogen-bond acceptors (Lipinski definition) is 6. The molecule has 34 heavy (non-hydrogen) atoms. The number of nitrogens with one attached hydrogen (secondary N) is 1. The maximum Gasteiger partial charge on any atom is 0.315 e. The van der Waals surface area contributed by atoms with Gasteiger partial charge in [-0.25, -0.2) is 0 Å². The van der Waals surface area contributed by atoms with Crippen LogP contribution in [0.3, 0.4) is 0 Å². The molecule has 0 amide bonds. The smallest absolute Gasteiger partial charge is 0.315 e. The van der Waals surface area contributed by atoms with Crippen molar-refractivity contribution in [1.82, 2.24) is 5.32 Å². The second kappa shape index (κ2) is 11.6. The van der Waals surface area contributed by atoms with Crippen molar-refractivity contribution in [2.75, 3.05) is 6.54 Å². The highest BCUT2D eigenvalue weighted by Crippen LogP contribution is 2.31. The summed E-state index contributed by atoms with van der Waals surface area (Å²) in [5.74, 6) is -0.753. The first kappa shape index (κ1) is 25.1. The zero-order valence-corrected chi connectivity index (χ0v) is 19.8. The Balaban J connectivity index is 1.78. The zero-order chi connectivity index (χ0) is 24.6. The standard InChI is InChI=1S/C28H31NO5/c1-28(2,3)29-19-23(30)22-14-15-24(33-26(31)16-20-10-6-4-7-11-20)25(18-22)34-27(32)17-21-12-8-5-9-13-21/h4-15,18,23,29-30H,16-17,19H2,1-3H3. The number of ether oxygens (including phenoxy) is 2. The van der Waals surface area contributed by atoms with Crippen molar-refractivity contribution in [3.63, 3.8) is 0 Å². The number of aliphatic hydroxyl groups excluding tert-OH is 1. The van der Waals surface area contributed by atoms with Crippen molar-refractivity contribution in [3.05, 3.63) is 95.6 Å². The largest absolute Gasteiger partial charge is 0.422 e. The molecule has 1 atom stereocenters. The Morgan fingerprint density at radius 3 is 1.79 bits per heavy atom. The maximum atomic E-state index is 12.6. The van der Waals surface area contributed by atoms with Crippen LogP contribution in [-0.2, 0) is 22.4 Å². The minimum atomic E-state index is -0.833. The first-order chi connectivity index (χ1) is 16.2. The van der Waals surface area contributed by atoms with E-state index < -0.39 is 18.0 Å². The predicted molar refractivity (Wildman–Crippen MR) is 131 cm³/mol. The summed E-state index contributed by atoms with van der Waals surface area (Å²) in [5.41, 5.74) is 2.00. The normalized spacial score (nSPS) is 12.1. The first-order valence-electron chi connectivity index (χ1n) is 11.3. The molecule has 6 heteroatoms. The van der Waals surface area contributed by atoms with Crippen LogP contribution >= 0.6 is 0 Å². The van der Waals surface area contributed by atoms with Gasteiger partial charge >= 0.3 is 11.9 Å². The highest BCUT2D eigenvalue weighted by Gasteiger charge is 2.19. The van der Waals surface area contributed by atoms with Gasteiger partial charge in [-0.3, -0.25) is 9.59 Å². The van der Waals surface area contributed by atoms with Gasteiger partial charge in [0.1, 0.15) is 0 Å². The minimum absolute atomic E-state index is 0.0661. The van der Waals surface area contributed by atoms with E-state index in [4.69, 9.17) is 9.47 Å². The van der Waals surface area contributed by atoms with Gasteiger partial charge in [0.15, 0.2) is 11.5 Å². The van der Waals surface area contributed by atoms with Crippen molar-refractivity contribution in [2.45, 2.75) is 45.3 Å². The lowest BCUT2D eigenvalue weighted by Gasteiger charge is -2.23. The number of esters is 2. The molecule has 0 aliphatic heterocycles. The predicted octanol–water partition coefficient (Wildman–Crippen LogP) is 4.40. The molecular weight excluding hydrogens is 430 g/mol. The highest BCUT2D eigenvalue weighted by molar-refractivity contribution is 5.78. The number of benzene rings is 3. The van der Waals surface area contributed by atoms with E-state index in [1.165, 1.54) is 0 Å². The summed E-state index contributed by atoms with van der Waals surface area (Å²) in [4.78, 5) is 25.1. The molecule has 0 fully saturated rings. The Hall–Kier alpha value is -3.48. The third-order valence-electron chi connectivity index (χ3n) is 5.01. The van der Waals surface area contributed by atoms with Crippen molar-refractivity contribution in [3.8, 4) is 11.5 Å². The maximum absolute atomic E-state index is 12.6. The Bertz CT molecular complexity index is 1090. The van der Waals surface area contributed by atoms with Gasteiger partial charge in [0.2, 0.25) is 0 Å². The van der Waals surface area contributed by atoms with Gasteiger partial charge in [0.05, 0.1) is 18.9 Å². The van der Waals surface area contributed by atoms with E-state index in [1.807, 2.05) is 81.4 Å². The highest BCUT2D eigenvalue weighted by atomic mass is 16.6. The van der Waals surface area contributed by atoms with Gasteiger partial charge in [-0.1, -0.05) is 66.7 Å². The van der Waals surface area contributed by atoms with Gasteiger partial charge in [0, 0.05) is 12.1 Å². The second-order valence-corrected chi connectivity index (χ2v) is 9.13. The number of hydrogen-bond donors (Lipinski definition) is 2. The Labute approximate surface area is 200 Å². The number of carbonyl (C=O) groups is 2. The Kier molecular flexibility index (Phi) is 8.57. The van der Waals surface area contributed by atoms with Gasteiger partial charge < -0.3 is 19.9 Å². The van der Waals surface area contributed by atoms with Gasteiger partial charge in [-0.15, -0.1) is 0 Å². The van der Waals surface area contributed by atoms with Crippen LogP contribution in [0.4, 0.5) is 0 Å². The molecule has 0 aliphatic carbocycles. The summed E-state index contributed by atoms with van der Waals surface area (Å²) in [6.45, 7) is 6.33. The molecule has 0 heterocycles. The number of aliphatic hydroxyl groups is 1. The molecular formula is C28H31NO5. The third-order valence-corrected chi connectivity index (χ3v) is 5.01. The van der Waals surface area contributed by atoms with Crippen LogP contribution in [0.1, 0.15) is 43.6 Å². The summed E-state index contributed by atoms with van der Waals surface area (Å²) < 4.78 is 11.1. The number of carbonyl (C=O) groups excluding carboxylic acids is 2. The molecule has 6 nitrogen and oxygen atoms in total. The lowest BCUT2D eigenvalue weighted by molar-refractivity contribution is -0.136. The molecule has 3 rings (SSSR count).